The lowest BCUT2D eigenvalue weighted by atomic mass is 10.2. The molecular formula is C16H12BrN3OS. The summed E-state index contributed by atoms with van der Waals surface area (Å²) in [6.07, 6.45) is 3.42. The van der Waals surface area contributed by atoms with Gasteiger partial charge in [-0.1, -0.05) is 22.0 Å². The number of rotatable bonds is 3. The highest BCUT2D eigenvalue weighted by molar-refractivity contribution is 9.10. The number of halogens is 1. The number of hydrogen-bond acceptors (Lipinski definition) is 4. The number of benzene rings is 1. The van der Waals surface area contributed by atoms with Gasteiger partial charge in [0, 0.05) is 33.5 Å². The van der Waals surface area contributed by atoms with E-state index in [2.05, 4.69) is 31.2 Å². The van der Waals surface area contributed by atoms with Crippen LogP contribution in [-0.4, -0.2) is 15.9 Å². The number of nitrogens with zero attached hydrogens (tertiary/aromatic N) is 2. The highest BCUT2D eigenvalue weighted by Crippen LogP contribution is 2.24. The van der Waals surface area contributed by atoms with Crippen LogP contribution in [0.2, 0.25) is 0 Å². The van der Waals surface area contributed by atoms with Gasteiger partial charge in [-0.05, 0) is 36.8 Å². The zero-order valence-electron chi connectivity index (χ0n) is 11.7. The predicted molar refractivity (Wildman–Crippen MR) is 92.2 cm³/mol. The molecule has 22 heavy (non-hydrogen) atoms. The van der Waals surface area contributed by atoms with E-state index in [4.69, 9.17) is 0 Å². The minimum absolute atomic E-state index is 0.215. The van der Waals surface area contributed by atoms with Crippen molar-refractivity contribution in [2.45, 2.75) is 6.92 Å². The van der Waals surface area contributed by atoms with Crippen LogP contribution in [0.15, 0.2) is 52.6 Å². The van der Waals surface area contributed by atoms with Crippen LogP contribution in [0.4, 0.5) is 5.69 Å². The molecule has 1 N–H and O–H groups in total. The van der Waals surface area contributed by atoms with Gasteiger partial charge in [-0.15, -0.1) is 11.3 Å². The molecule has 3 rings (SSSR count). The van der Waals surface area contributed by atoms with Crippen molar-refractivity contribution >= 4 is 38.9 Å². The molecule has 0 spiro atoms. The molecule has 6 heteroatoms. The van der Waals surface area contributed by atoms with Gasteiger partial charge in [0.05, 0.1) is 0 Å². The number of pyridine rings is 1. The highest BCUT2D eigenvalue weighted by Gasteiger charge is 2.12. The lowest BCUT2D eigenvalue weighted by Crippen LogP contribution is -2.12. The van der Waals surface area contributed by atoms with E-state index in [1.165, 1.54) is 11.3 Å². The Bertz CT molecular complexity index is 817. The summed E-state index contributed by atoms with van der Waals surface area (Å²) in [5, 5.41) is 5.42. The summed E-state index contributed by atoms with van der Waals surface area (Å²) in [5.74, 6) is -0.215. The molecule has 0 bridgehead atoms. The number of carbonyl (C=O) groups excluding carboxylic acids is 1. The van der Waals surface area contributed by atoms with Crippen LogP contribution in [0, 0.1) is 6.92 Å². The lowest BCUT2D eigenvalue weighted by molar-refractivity contribution is 0.102. The van der Waals surface area contributed by atoms with E-state index in [9.17, 15) is 4.79 Å². The van der Waals surface area contributed by atoms with E-state index in [1.54, 1.807) is 17.8 Å². The van der Waals surface area contributed by atoms with Crippen molar-refractivity contribution in [3.8, 4) is 10.6 Å². The molecule has 2 heterocycles. The number of aryl methyl sites for hydroxylation is 1. The first-order valence-corrected chi connectivity index (χ1v) is 8.24. The number of aromatic nitrogens is 2. The third-order valence-corrected chi connectivity index (χ3v) is 4.84. The van der Waals surface area contributed by atoms with E-state index >= 15 is 0 Å². The van der Waals surface area contributed by atoms with Gasteiger partial charge in [0.25, 0.3) is 5.91 Å². The van der Waals surface area contributed by atoms with Crippen LogP contribution in [0.1, 0.15) is 16.1 Å². The molecule has 0 atom stereocenters. The van der Waals surface area contributed by atoms with Gasteiger partial charge < -0.3 is 5.32 Å². The predicted octanol–water partition coefficient (Wildman–Crippen LogP) is 4.53. The second-order valence-electron chi connectivity index (χ2n) is 4.69. The molecule has 0 unspecified atom stereocenters. The van der Waals surface area contributed by atoms with Gasteiger partial charge in [0.15, 0.2) is 0 Å². The van der Waals surface area contributed by atoms with Crippen molar-refractivity contribution in [1.29, 1.82) is 0 Å². The Kier molecular flexibility index (Phi) is 4.31. The summed E-state index contributed by atoms with van der Waals surface area (Å²) in [5.41, 5.74) is 3.22. The Labute approximate surface area is 140 Å². The van der Waals surface area contributed by atoms with Crippen molar-refractivity contribution in [1.82, 2.24) is 9.97 Å². The molecule has 1 amide bonds. The van der Waals surface area contributed by atoms with Crippen LogP contribution in [0.3, 0.4) is 0 Å². The second-order valence-corrected chi connectivity index (χ2v) is 6.40. The van der Waals surface area contributed by atoms with Crippen LogP contribution in [0.5, 0.6) is 0 Å². The number of anilines is 1. The summed E-state index contributed by atoms with van der Waals surface area (Å²) in [6, 6.07) is 9.44. The van der Waals surface area contributed by atoms with E-state index in [1.807, 2.05) is 37.3 Å². The van der Waals surface area contributed by atoms with Crippen molar-refractivity contribution in [3.05, 3.63) is 63.8 Å². The smallest absolute Gasteiger partial charge is 0.275 e. The van der Waals surface area contributed by atoms with Gasteiger partial charge in [-0.2, -0.15) is 0 Å². The largest absolute Gasteiger partial charge is 0.321 e. The SMILES string of the molecule is Cc1ccc(NC(=O)c2csc(-c3ccncc3)n2)cc1Br. The van der Waals surface area contributed by atoms with E-state index < -0.39 is 0 Å². The average Bonchev–Trinajstić information content (AvgIpc) is 3.02. The molecule has 4 nitrogen and oxygen atoms in total. The molecule has 0 radical (unpaired) electrons. The maximum Gasteiger partial charge on any atom is 0.275 e. The zero-order chi connectivity index (χ0) is 15.5. The molecule has 0 saturated carbocycles. The van der Waals surface area contributed by atoms with E-state index in [-0.39, 0.29) is 5.91 Å². The molecule has 0 aliphatic carbocycles. The summed E-state index contributed by atoms with van der Waals surface area (Å²) in [6.45, 7) is 2.00. The Morgan fingerprint density at radius 3 is 2.73 bits per heavy atom. The van der Waals surface area contributed by atoms with Crippen molar-refractivity contribution in [2.75, 3.05) is 5.32 Å². The Balaban J connectivity index is 1.78. The second kappa shape index (κ2) is 6.37. The lowest BCUT2D eigenvalue weighted by Gasteiger charge is -2.05. The fourth-order valence-corrected chi connectivity index (χ4v) is 3.06. The first-order chi connectivity index (χ1) is 10.6. The normalized spacial score (nSPS) is 10.5. The molecule has 3 aromatic rings. The first kappa shape index (κ1) is 14.9. The van der Waals surface area contributed by atoms with Crippen LogP contribution in [0.25, 0.3) is 10.6 Å². The van der Waals surface area contributed by atoms with Gasteiger partial charge in [0.1, 0.15) is 10.7 Å². The number of hydrogen-bond donors (Lipinski definition) is 1. The molecular weight excluding hydrogens is 362 g/mol. The molecule has 0 fully saturated rings. The van der Waals surface area contributed by atoms with Gasteiger partial charge in [-0.25, -0.2) is 4.98 Å². The highest BCUT2D eigenvalue weighted by atomic mass is 79.9. The number of thiazole rings is 1. The minimum atomic E-state index is -0.215. The van der Waals surface area contributed by atoms with Gasteiger partial charge in [-0.3, -0.25) is 9.78 Å². The molecule has 1 aromatic carbocycles. The number of amides is 1. The first-order valence-electron chi connectivity index (χ1n) is 6.57. The van der Waals surface area contributed by atoms with Gasteiger partial charge in [0.2, 0.25) is 0 Å². The minimum Gasteiger partial charge on any atom is -0.321 e. The Morgan fingerprint density at radius 1 is 1.23 bits per heavy atom. The maximum absolute atomic E-state index is 12.3. The number of nitrogens with one attached hydrogen (secondary N) is 1. The molecule has 2 aromatic heterocycles. The monoisotopic (exact) mass is 373 g/mol. The van der Waals surface area contributed by atoms with Crippen LogP contribution in [-0.2, 0) is 0 Å². The quantitative estimate of drug-likeness (QED) is 0.733. The van der Waals surface area contributed by atoms with Crippen molar-refractivity contribution in [3.63, 3.8) is 0 Å². The van der Waals surface area contributed by atoms with E-state index in [0.717, 1.165) is 26.3 Å². The zero-order valence-corrected chi connectivity index (χ0v) is 14.1. The maximum atomic E-state index is 12.3. The Hall–Kier alpha value is -2.05. The summed E-state index contributed by atoms with van der Waals surface area (Å²) in [7, 11) is 0. The fraction of sp³-hybridized carbons (Fsp3) is 0.0625. The van der Waals surface area contributed by atoms with Crippen molar-refractivity contribution in [2.24, 2.45) is 0 Å². The molecule has 0 aliphatic rings. The van der Waals surface area contributed by atoms with Gasteiger partial charge >= 0.3 is 0 Å². The van der Waals surface area contributed by atoms with Crippen LogP contribution < -0.4 is 5.32 Å². The van der Waals surface area contributed by atoms with Crippen LogP contribution >= 0.6 is 27.3 Å². The summed E-state index contributed by atoms with van der Waals surface area (Å²) >= 11 is 4.89. The van der Waals surface area contributed by atoms with E-state index in [0.29, 0.717) is 5.69 Å². The molecule has 0 aliphatic heterocycles. The standard InChI is InChI=1S/C16H12BrN3OS/c1-10-2-3-12(8-13(10)17)19-15(21)14-9-22-16(20-14)11-4-6-18-7-5-11/h2-9H,1H3,(H,19,21). The fourth-order valence-electron chi connectivity index (χ4n) is 1.87. The summed E-state index contributed by atoms with van der Waals surface area (Å²) < 4.78 is 0.959. The molecule has 0 saturated heterocycles. The third kappa shape index (κ3) is 3.23. The summed E-state index contributed by atoms with van der Waals surface area (Å²) in [4.78, 5) is 20.6. The number of carbonyl (C=O) groups is 1. The molecule has 110 valence electrons. The average molecular weight is 374 g/mol. The third-order valence-electron chi connectivity index (χ3n) is 3.09. The van der Waals surface area contributed by atoms with Crippen molar-refractivity contribution < 1.29 is 4.79 Å². The Morgan fingerprint density at radius 2 is 2.00 bits per heavy atom. The topological polar surface area (TPSA) is 54.9 Å².